The number of carbonyl (C=O) groups is 2. The van der Waals surface area contributed by atoms with Crippen LogP contribution in [0.2, 0.25) is 0 Å². The first-order valence-electron chi connectivity index (χ1n) is 8.10. The van der Waals surface area contributed by atoms with Gasteiger partial charge in [-0.15, -0.1) is 0 Å². The summed E-state index contributed by atoms with van der Waals surface area (Å²) in [6, 6.07) is 5.96. The second-order valence-corrected chi connectivity index (χ2v) is 7.06. The van der Waals surface area contributed by atoms with Crippen LogP contribution in [0.3, 0.4) is 0 Å². The fourth-order valence-electron chi connectivity index (χ4n) is 2.78. The molecule has 1 aromatic carbocycles. The molecule has 0 saturated heterocycles. The van der Waals surface area contributed by atoms with E-state index in [0.29, 0.717) is 5.75 Å². The maximum Gasteiger partial charge on any atom is 0.380 e. The third-order valence-corrected chi connectivity index (χ3v) is 4.49. The summed E-state index contributed by atoms with van der Waals surface area (Å²) in [5.41, 5.74) is -2.67. The molecule has 1 aliphatic rings. The molecule has 0 aliphatic heterocycles. The van der Waals surface area contributed by atoms with Gasteiger partial charge in [0, 0.05) is 0 Å². The summed E-state index contributed by atoms with van der Waals surface area (Å²) < 4.78 is 37.9. The van der Waals surface area contributed by atoms with Gasteiger partial charge < -0.3 is 14.6 Å². The van der Waals surface area contributed by atoms with Gasteiger partial charge in [0.2, 0.25) is 0 Å². The van der Waals surface area contributed by atoms with Crippen LogP contribution in [0, 0.1) is 0 Å². The Morgan fingerprint density at radius 2 is 1.64 bits per heavy atom. The van der Waals surface area contributed by atoms with Crippen LogP contribution in [-0.2, 0) is 9.53 Å². The molecule has 0 bridgehead atoms. The Kier molecular flexibility index (Phi) is 5.06. The molecule has 1 aliphatic carbocycles. The lowest BCUT2D eigenvalue weighted by Crippen LogP contribution is -2.51. The van der Waals surface area contributed by atoms with Crippen molar-refractivity contribution in [3.8, 4) is 5.75 Å². The third-order valence-electron chi connectivity index (χ3n) is 4.49. The molecule has 5 nitrogen and oxygen atoms in total. The highest BCUT2D eigenvalue weighted by atomic mass is 19.3. The second kappa shape index (κ2) is 6.61. The number of benzene rings is 1. The summed E-state index contributed by atoms with van der Waals surface area (Å²) in [6.07, 6.45) is 4.12. The van der Waals surface area contributed by atoms with E-state index in [-0.39, 0.29) is 11.2 Å². The molecule has 25 heavy (non-hydrogen) atoms. The van der Waals surface area contributed by atoms with E-state index in [9.17, 15) is 18.4 Å². The molecule has 1 saturated carbocycles. The number of esters is 1. The van der Waals surface area contributed by atoms with Gasteiger partial charge in [-0.2, -0.15) is 8.78 Å². The molecule has 0 heterocycles. The lowest BCUT2D eigenvalue weighted by molar-refractivity contribution is -0.200. The van der Waals surface area contributed by atoms with E-state index in [1.165, 1.54) is 12.1 Å². The van der Waals surface area contributed by atoms with E-state index in [4.69, 9.17) is 14.6 Å². The van der Waals surface area contributed by atoms with Crippen molar-refractivity contribution in [1.82, 2.24) is 0 Å². The zero-order valence-corrected chi connectivity index (χ0v) is 14.5. The van der Waals surface area contributed by atoms with Crippen molar-refractivity contribution in [3.63, 3.8) is 0 Å². The molecule has 138 valence electrons. The normalized spacial score (nSPS) is 17.2. The molecular weight excluding hydrogens is 334 g/mol. The average Bonchev–Trinajstić information content (AvgIpc) is 2.93. The van der Waals surface area contributed by atoms with Crippen LogP contribution in [0.4, 0.5) is 8.78 Å². The molecule has 1 N–H and O–H groups in total. The van der Waals surface area contributed by atoms with Crippen molar-refractivity contribution in [2.24, 2.45) is 0 Å². The maximum absolute atomic E-state index is 13.6. The first-order chi connectivity index (χ1) is 11.5. The van der Waals surface area contributed by atoms with E-state index in [2.05, 4.69) is 0 Å². The third kappa shape index (κ3) is 4.08. The number of hydrogen-bond acceptors (Lipinski definition) is 4. The molecule has 0 unspecified atom stereocenters. The van der Waals surface area contributed by atoms with E-state index in [1.807, 2.05) is 6.92 Å². The Hall–Kier alpha value is -2.18. The fourth-order valence-corrected chi connectivity index (χ4v) is 2.78. The van der Waals surface area contributed by atoms with Gasteiger partial charge in [-0.05, 0) is 70.7 Å². The predicted octanol–water partition coefficient (Wildman–Crippen LogP) is 4.05. The van der Waals surface area contributed by atoms with Gasteiger partial charge in [-0.1, -0.05) is 0 Å². The van der Waals surface area contributed by atoms with Crippen molar-refractivity contribution in [3.05, 3.63) is 29.8 Å². The summed E-state index contributed by atoms with van der Waals surface area (Å²) in [4.78, 5) is 22.7. The largest absolute Gasteiger partial charge is 0.488 e. The maximum atomic E-state index is 13.6. The standard InChI is InChI=1S/C18H22F2O5/c1-16(2,18(19,20)15(22)23)25-14(21)12-6-8-13(9-7-12)24-17(3)10-4-5-11-17/h6-9H,4-5,10-11H2,1-3H3,(H,22,23). The highest BCUT2D eigenvalue weighted by Crippen LogP contribution is 2.35. The van der Waals surface area contributed by atoms with Crippen LogP contribution < -0.4 is 4.74 Å². The molecule has 0 atom stereocenters. The Balaban J connectivity index is 2.06. The van der Waals surface area contributed by atoms with Gasteiger partial charge in [0.15, 0.2) is 5.60 Å². The fraction of sp³-hybridized carbons (Fsp3) is 0.556. The van der Waals surface area contributed by atoms with Crippen molar-refractivity contribution >= 4 is 11.9 Å². The minimum Gasteiger partial charge on any atom is -0.488 e. The number of alkyl halides is 2. The predicted molar refractivity (Wildman–Crippen MR) is 86.0 cm³/mol. The summed E-state index contributed by atoms with van der Waals surface area (Å²) in [7, 11) is 0. The second-order valence-electron chi connectivity index (χ2n) is 7.06. The van der Waals surface area contributed by atoms with Crippen LogP contribution >= 0.6 is 0 Å². The molecule has 0 aromatic heterocycles. The summed E-state index contributed by atoms with van der Waals surface area (Å²) in [5, 5.41) is 8.60. The number of carboxylic acid groups (broad SMARTS) is 1. The minimum absolute atomic E-state index is 0.0400. The highest BCUT2D eigenvalue weighted by Gasteiger charge is 2.56. The quantitative estimate of drug-likeness (QED) is 0.779. The van der Waals surface area contributed by atoms with E-state index in [0.717, 1.165) is 39.5 Å². The lowest BCUT2D eigenvalue weighted by atomic mass is 10.0. The number of hydrogen-bond donors (Lipinski definition) is 1. The summed E-state index contributed by atoms with van der Waals surface area (Å²) in [5.74, 6) is -7.00. The molecule has 0 amide bonds. The van der Waals surface area contributed by atoms with Crippen molar-refractivity contribution in [2.45, 2.75) is 63.6 Å². The smallest absolute Gasteiger partial charge is 0.380 e. The van der Waals surface area contributed by atoms with Gasteiger partial charge in [0.05, 0.1) is 5.56 Å². The van der Waals surface area contributed by atoms with Crippen LogP contribution in [-0.4, -0.2) is 34.2 Å². The van der Waals surface area contributed by atoms with Crippen LogP contribution in [0.25, 0.3) is 0 Å². The number of carboxylic acids is 1. The number of halogens is 2. The summed E-state index contributed by atoms with van der Waals surface area (Å²) in [6.45, 7) is 3.74. The van der Waals surface area contributed by atoms with E-state index < -0.39 is 23.5 Å². The van der Waals surface area contributed by atoms with Crippen molar-refractivity contribution < 1.29 is 33.0 Å². The van der Waals surface area contributed by atoms with Crippen LogP contribution in [0.1, 0.15) is 56.8 Å². The Morgan fingerprint density at radius 1 is 1.12 bits per heavy atom. The van der Waals surface area contributed by atoms with Gasteiger partial charge in [0.1, 0.15) is 11.4 Å². The average molecular weight is 356 g/mol. The monoisotopic (exact) mass is 356 g/mol. The Morgan fingerprint density at radius 3 is 2.12 bits per heavy atom. The van der Waals surface area contributed by atoms with Crippen molar-refractivity contribution in [2.75, 3.05) is 0 Å². The molecule has 0 spiro atoms. The van der Waals surface area contributed by atoms with Gasteiger partial charge in [-0.3, -0.25) is 0 Å². The van der Waals surface area contributed by atoms with Gasteiger partial charge in [-0.25, -0.2) is 9.59 Å². The first kappa shape index (κ1) is 19.1. The molecule has 0 radical (unpaired) electrons. The molecule has 1 fully saturated rings. The zero-order chi connectivity index (χ0) is 18.9. The molecule has 1 aromatic rings. The highest BCUT2D eigenvalue weighted by molar-refractivity contribution is 5.90. The molecular formula is C18H22F2O5. The zero-order valence-electron chi connectivity index (χ0n) is 14.5. The Labute approximate surface area is 144 Å². The van der Waals surface area contributed by atoms with Gasteiger partial charge >= 0.3 is 17.9 Å². The lowest BCUT2D eigenvalue weighted by Gasteiger charge is -2.30. The summed E-state index contributed by atoms with van der Waals surface area (Å²) >= 11 is 0. The number of ether oxygens (including phenoxy) is 2. The Bertz CT molecular complexity index is 646. The number of aliphatic carboxylic acids is 1. The van der Waals surface area contributed by atoms with Crippen molar-refractivity contribution in [1.29, 1.82) is 0 Å². The van der Waals surface area contributed by atoms with E-state index in [1.54, 1.807) is 12.1 Å². The SMILES string of the molecule is CC1(Oc2ccc(C(=O)OC(C)(C)C(F)(F)C(=O)O)cc2)CCCC1. The minimum atomic E-state index is -4.21. The first-order valence-corrected chi connectivity index (χ1v) is 8.10. The number of carbonyl (C=O) groups excluding carboxylic acids is 1. The number of rotatable bonds is 6. The van der Waals surface area contributed by atoms with Crippen LogP contribution in [0.15, 0.2) is 24.3 Å². The van der Waals surface area contributed by atoms with Gasteiger partial charge in [0.25, 0.3) is 0 Å². The van der Waals surface area contributed by atoms with E-state index >= 15 is 0 Å². The molecule has 7 heteroatoms. The molecule has 2 rings (SSSR count). The topological polar surface area (TPSA) is 72.8 Å². The van der Waals surface area contributed by atoms with Crippen LogP contribution in [0.5, 0.6) is 5.75 Å².